The zero-order chi connectivity index (χ0) is 24.3. The van der Waals surface area contributed by atoms with Gasteiger partial charge in [-0.2, -0.15) is 12.7 Å². The van der Waals surface area contributed by atoms with Gasteiger partial charge in [0.15, 0.2) is 11.5 Å². The van der Waals surface area contributed by atoms with Crippen LogP contribution in [0.25, 0.3) is 0 Å². The largest absolute Gasteiger partial charge is 0.493 e. The SMILES string of the molecule is COc1cc(C(=O)NS(=O)(=O)N2CCC(OC3CN(C)C3)CC2)c(F)cc1OCC1CCCC1. The summed E-state index contributed by atoms with van der Waals surface area (Å²) in [5.41, 5.74) is -0.416. The maximum absolute atomic E-state index is 14.7. The van der Waals surface area contributed by atoms with E-state index in [2.05, 4.69) is 4.90 Å². The Balaban J connectivity index is 1.34. The van der Waals surface area contributed by atoms with E-state index in [-0.39, 0.29) is 36.8 Å². The fourth-order valence-electron chi connectivity index (χ4n) is 4.81. The highest BCUT2D eigenvalue weighted by molar-refractivity contribution is 7.87. The maximum atomic E-state index is 14.7. The lowest BCUT2D eigenvalue weighted by atomic mass is 10.1. The summed E-state index contributed by atoms with van der Waals surface area (Å²) in [4.78, 5) is 14.8. The monoisotopic (exact) mass is 499 g/mol. The van der Waals surface area contributed by atoms with Crippen LogP contribution in [0, 0.1) is 11.7 Å². The number of ether oxygens (including phenoxy) is 3. The van der Waals surface area contributed by atoms with Crippen molar-refractivity contribution in [3.05, 3.63) is 23.5 Å². The molecule has 34 heavy (non-hydrogen) atoms. The first-order chi connectivity index (χ1) is 16.2. The van der Waals surface area contributed by atoms with E-state index in [0.717, 1.165) is 44.8 Å². The Morgan fingerprint density at radius 3 is 2.38 bits per heavy atom. The molecular formula is C23H34FN3O6S. The van der Waals surface area contributed by atoms with Gasteiger partial charge in [0, 0.05) is 32.2 Å². The Labute approximate surface area is 200 Å². The van der Waals surface area contributed by atoms with Crippen molar-refractivity contribution in [3.8, 4) is 11.5 Å². The van der Waals surface area contributed by atoms with E-state index < -0.39 is 27.5 Å². The standard InChI is InChI=1S/C23H34FN3O6S/c1-26-13-18(14-26)33-17-7-9-27(10-8-17)34(29,30)25-23(28)19-11-21(31-2)22(12-20(19)24)32-15-16-5-3-4-6-16/h11-12,16-18H,3-10,13-15H2,1-2H3,(H,25,28). The number of likely N-dealkylation sites (tertiary alicyclic amines) is 1. The van der Waals surface area contributed by atoms with Crippen molar-refractivity contribution in [2.75, 3.05) is 46.9 Å². The molecule has 0 spiro atoms. The van der Waals surface area contributed by atoms with Gasteiger partial charge in [-0.15, -0.1) is 0 Å². The second-order valence-corrected chi connectivity index (χ2v) is 11.1. The summed E-state index contributed by atoms with van der Waals surface area (Å²) in [5, 5.41) is 0. The Morgan fingerprint density at radius 1 is 1.09 bits per heavy atom. The zero-order valence-electron chi connectivity index (χ0n) is 19.8. The van der Waals surface area contributed by atoms with E-state index in [0.29, 0.717) is 25.4 Å². The molecule has 2 aliphatic heterocycles. The molecule has 190 valence electrons. The van der Waals surface area contributed by atoms with Crippen molar-refractivity contribution in [3.63, 3.8) is 0 Å². The van der Waals surface area contributed by atoms with Crippen LogP contribution in [0.5, 0.6) is 11.5 Å². The predicted molar refractivity (Wildman–Crippen MR) is 124 cm³/mol. The summed E-state index contributed by atoms with van der Waals surface area (Å²) in [6.45, 7) is 2.68. The van der Waals surface area contributed by atoms with Gasteiger partial charge in [0.1, 0.15) is 5.82 Å². The minimum atomic E-state index is -4.12. The number of hydrogen-bond donors (Lipinski definition) is 1. The number of likely N-dealkylation sites (N-methyl/N-ethyl adjacent to an activating group) is 1. The second kappa shape index (κ2) is 10.8. The molecule has 9 nitrogen and oxygen atoms in total. The third-order valence-electron chi connectivity index (χ3n) is 6.83. The van der Waals surface area contributed by atoms with Gasteiger partial charge in [0.2, 0.25) is 0 Å². The van der Waals surface area contributed by atoms with Gasteiger partial charge < -0.3 is 19.1 Å². The van der Waals surface area contributed by atoms with E-state index >= 15 is 0 Å². The molecule has 1 N–H and O–H groups in total. The normalized spacial score (nSPS) is 21.4. The summed E-state index contributed by atoms with van der Waals surface area (Å²) < 4.78 is 60.5. The van der Waals surface area contributed by atoms with Gasteiger partial charge in [-0.05, 0) is 44.7 Å². The Hall–Kier alpha value is -1.95. The van der Waals surface area contributed by atoms with Crippen LogP contribution in [0.15, 0.2) is 12.1 Å². The van der Waals surface area contributed by atoms with Crippen LogP contribution in [0.2, 0.25) is 0 Å². The van der Waals surface area contributed by atoms with Crippen LogP contribution < -0.4 is 14.2 Å². The van der Waals surface area contributed by atoms with Crippen LogP contribution >= 0.6 is 0 Å². The van der Waals surface area contributed by atoms with Crippen molar-refractivity contribution >= 4 is 16.1 Å². The molecule has 2 heterocycles. The molecule has 1 saturated carbocycles. The molecule has 1 aromatic rings. The van der Waals surface area contributed by atoms with Gasteiger partial charge in [-0.1, -0.05) is 12.8 Å². The zero-order valence-corrected chi connectivity index (χ0v) is 20.6. The molecule has 0 aromatic heterocycles. The molecule has 4 rings (SSSR count). The number of carbonyl (C=O) groups excluding carboxylic acids is 1. The van der Waals surface area contributed by atoms with E-state index in [1.54, 1.807) is 0 Å². The Bertz CT molecular complexity index is 971. The van der Waals surface area contributed by atoms with E-state index in [9.17, 15) is 17.6 Å². The number of nitrogens with zero attached hydrogens (tertiary/aromatic N) is 2. The first-order valence-corrected chi connectivity index (χ1v) is 13.4. The Kier molecular flexibility index (Phi) is 7.96. The Morgan fingerprint density at radius 2 is 1.76 bits per heavy atom. The van der Waals surface area contributed by atoms with Crippen molar-refractivity contribution in [2.24, 2.45) is 5.92 Å². The molecule has 0 bridgehead atoms. The predicted octanol–water partition coefficient (Wildman–Crippen LogP) is 2.17. The van der Waals surface area contributed by atoms with E-state index in [4.69, 9.17) is 14.2 Å². The summed E-state index contributed by atoms with van der Waals surface area (Å²) >= 11 is 0. The minimum absolute atomic E-state index is 0.000616. The van der Waals surface area contributed by atoms with Crippen molar-refractivity contribution in [1.29, 1.82) is 0 Å². The second-order valence-electron chi connectivity index (χ2n) is 9.46. The van der Waals surface area contributed by atoms with Crippen LogP contribution in [-0.2, 0) is 14.9 Å². The molecule has 0 atom stereocenters. The van der Waals surface area contributed by atoms with Gasteiger partial charge in [-0.25, -0.2) is 9.11 Å². The number of benzene rings is 1. The maximum Gasteiger partial charge on any atom is 0.304 e. The molecule has 1 aromatic carbocycles. The van der Waals surface area contributed by atoms with Gasteiger partial charge >= 0.3 is 10.2 Å². The molecule has 0 radical (unpaired) electrons. The van der Waals surface area contributed by atoms with Crippen LogP contribution in [0.4, 0.5) is 4.39 Å². The molecule has 0 unspecified atom stereocenters. The first-order valence-electron chi connectivity index (χ1n) is 11.9. The fourth-order valence-corrected chi connectivity index (χ4v) is 5.98. The number of carbonyl (C=O) groups is 1. The minimum Gasteiger partial charge on any atom is -0.493 e. The quantitative estimate of drug-likeness (QED) is 0.556. The number of piperidine rings is 1. The molecule has 3 fully saturated rings. The number of hydrogen-bond acceptors (Lipinski definition) is 7. The summed E-state index contributed by atoms with van der Waals surface area (Å²) in [7, 11) is -0.708. The van der Waals surface area contributed by atoms with Crippen molar-refractivity contribution in [2.45, 2.75) is 50.7 Å². The third kappa shape index (κ3) is 5.99. The molecule has 3 aliphatic rings. The fraction of sp³-hybridized carbons (Fsp3) is 0.696. The number of rotatable bonds is 9. The average molecular weight is 500 g/mol. The molecule has 2 saturated heterocycles. The number of amides is 1. The van der Waals surface area contributed by atoms with Gasteiger partial charge in [0.25, 0.3) is 5.91 Å². The lowest BCUT2D eigenvalue weighted by molar-refractivity contribution is -0.0957. The molecule has 11 heteroatoms. The molecule has 1 amide bonds. The third-order valence-corrected chi connectivity index (χ3v) is 8.31. The van der Waals surface area contributed by atoms with E-state index in [1.165, 1.54) is 17.5 Å². The number of methoxy groups -OCH3 is 1. The highest BCUT2D eigenvalue weighted by Gasteiger charge is 2.33. The average Bonchev–Trinajstić information content (AvgIpc) is 3.30. The highest BCUT2D eigenvalue weighted by Crippen LogP contribution is 2.33. The van der Waals surface area contributed by atoms with Crippen LogP contribution in [0.3, 0.4) is 0 Å². The van der Waals surface area contributed by atoms with Crippen molar-refractivity contribution < 1.29 is 31.8 Å². The highest BCUT2D eigenvalue weighted by atomic mass is 32.2. The first kappa shape index (κ1) is 25.2. The number of nitrogens with one attached hydrogen (secondary N) is 1. The van der Waals surface area contributed by atoms with E-state index in [1.807, 2.05) is 11.8 Å². The lowest BCUT2D eigenvalue weighted by Gasteiger charge is -2.40. The number of halogens is 1. The van der Waals surface area contributed by atoms with Gasteiger partial charge in [-0.3, -0.25) is 4.79 Å². The smallest absolute Gasteiger partial charge is 0.304 e. The molecular weight excluding hydrogens is 465 g/mol. The van der Waals surface area contributed by atoms with Crippen molar-refractivity contribution in [1.82, 2.24) is 13.9 Å². The summed E-state index contributed by atoms with van der Waals surface area (Å²) in [6, 6.07) is 2.26. The van der Waals surface area contributed by atoms with Crippen LogP contribution in [0.1, 0.15) is 48.9 Å². The topological polar surface area (TPSA) is 97.4 Å². The lowest BCUT2D eigenvalue weighted by Crippen LogP contribution is -2.53. The molecule has 1 aliphatic carbocycles. The summed E-state index contributed by atoms with van der Waals surface area (Å²) in [5.74, 6) is -1.11. The van der Waals surface area contributed by atoms with Crippen LogP contribution in [-0.4, -0.2) is 82.7 Å². The van der Waals surface area contributed by atoms with Gasteiger partial charge in [0.05, 0.1) is 31.5 Å². The summed E-state index contributed by atoms with van der Waals surface area (Å²) in [6.07, 6.45) is 5.76.